The van der Waals surface area contributed by atoms with Crippen molar-refractivity contribution in [3.8, 4) is 17.0 Å². The quantitative estimate of drug-likeness (QED) is 0.372. The van der Waals surface area contributed by atoms with Gasteiger partial charge in [-0.1, -0.05) is 13.8 Å². The second-order valence-electron chi connectivity index (χ2n) is 8.01. The first-order valence-electron chi connectivity index (χ1n) is 10.9. The molecule has 4 rings (SSSR count). The first kappa shape index (κ1) is 23.4. The van der Waals surface area contributed by atoms with E-state index in [1.165, 1.54) is 23.5 Å². The molecule has 0 aliphatic rings. The summed E-state index contributed by atoms with van der Waals surface area (Å²) in [6.45, 7) is 6.14. The Bertz CT molecular complexity index is 1300. The number of carbonyl (C=O) groups excluding carboxylic acids is 2. The molecular weight excluding hydrogens is 455 g/mol. The fraction of sp³-hybridized carbons (Fsp3) is 0.240. The van der Waals surface area contributed by atoms with Crippen LogP contribution in [0, 0.1) is 11.7 Å². The largest absolute Gasteiger partial charge is 0.494 e. The van der Waals surface area contributed by atoms with Crippen molar-refractivity contribution in [3.63, 3.8) is 0 Å². The van der Waals surface area contributed by atoms with E-state index in [9.17, 15) is 14.0 Å². The summed E-state index contributed by atoms with van der Waals surface area (Å²) >= 11 is 1.42. The minimum atomic E-state index is -0.788. The molecule has 2 N–H and O–H groups in total. The van der Waals surface area contributed by atoms with Gasteiger partial charge in [-0.15, -0.1) is 11.3 Å². The van der Waals surface area contributed by atoms with Gasteiger partial charge in [0.15, 0.2) is 4.96 Å². The van der Waals surface area contributed by atoms with E-state index in [-0.39, 0.29) is 23.5 Å². The highest BCUT2D eigenvalue weighted by Crippen LogP contribution is 2.31. The topological polar surface area (TPSA) is 84.7 Å². The number of fused-ring (bicyclic) bond motifs is 1. The predicted octanol–water partition coefficient (Wildman–Crippen LogP) is 4.99. The monoisotopic (exact) mass is 480 g/mol. The van der Waals surface area contributed by atoms with E-state index >= 15 is 0 Å². The molecule has 0 aliphatic carbocycles. The highest BCUT2D eigenvalue weighted by Gasteiger charge is 2.27. The molecular formula is C25H25FN4O3S. The standard InChI is InChI=1S/C25H25FN4O3S/c1-4-33-19-11-7-17(8-12-19)23(31)27-20(15(2)3)24(32)29-22-21(16-5-9-18(26)10-6-16)28-25-30(22)13-14-34-25/h5-15,20H,4H2,1-3H3,(H,27,31)(H,29,32)/t20-/m0/s1. The Morgan fingerprint density at radius 1 is 1.12 bits per heavy atom. The van der Waals surface area contributed by atoms with Crippen LogP contribution in [0.4, 0.5) is 10.2 Å². The van der Waals surface area contributed by atoms with Crippen molar-refractivity contribution in [2.75, 3.05) is 11.9 Å². The van der Waals surface area contributed by atoms with E-state index in [4.69, 9.17) is 4.74 Å². The number of halogens is 1. The van der Waals surface area contributed by atoms with Crippen LogP contribution in [0.3, 0.4) is 0 Å². The van der Waals surface area contributed by atoms with Crippen molar-refractivity contribution in [1.29, 1.82) is 0 Å². The molecule has 0 radical (unpaired) electrons. The maximum atomic E-state index is 13.4. The first-order chi connectivity index (χ1) is 16.4. The second-order valence-corrected chi connectivity index (χ2v) is 8.89. The Hall–Kier alpha value is -3.72. The van der Waals surface area contributed by atoms with E-state index < -0.39 is 6.04 Å². The fourth-order valence-electron chi connectivity index (χ4n) is 3.54. The minimum absolute atomic E-state index is 0.174. The van der Waals surface area contributed by atoms with Crippen LogP contribution < -0.4 is 15.4 Å². The summed E-state index contributed by atoms with van der Waals surface area (Å²) in [6.07, 6.45) is 1.80. The van der Waals surface area contributed by atoms with Crippen molar-refractivity contribution >= 4 is 33.9 Å². The average Bonchev–Trinajstić information content (AvgIpc) is 3.41. The summed E-state index contributed by atoms with van der Waals surface area (Å²) in [5.74, 6) is -0.117. The van der Waals surface area contributed by atoms with E-state index in [0.717, 1.165) is 0 Å². The van der Waals surface area contributed by atoms with Gasteiger partial charge in [-0.25, -0.2) is 9.37 Å². The number of hydrogen-bond donors (Lipinski definition) is 2. The van der Waals surface area contributed by atoms with E-state index in [1.54, 1.807) is 47.0 Å². The highest BCUT2D eigenvalue weighted by atomic mass is 32.1. The number of nitrogens with one attached hydrogen (secondary N) is 2. The molecule has 176 valence electrons. The van der Waals surface area contributed by atoms with Crippen LogP contribution >= 0.6 is 11.3 Å². The number of anilines is 1. The van der Waals surface area contributed by atoms with Crippen molar-refractivity contribution in [2.24, 2.45) is 5.92 Å². The number of imidazole rings is 1. The molecule has 1 atom stereocenters. The zero-order chi connectivity index (χ0) is 24.2. The lowest BCUT2D eigenvalue weighted by Crippen LogP contribution is -2.47. The number of aromatic nitrogens is 2. The summed E-state index contributed by atoms with van der Waals surface area (Å²) < 4.78 is 20.6. The van der Waals surface area contributed by atoms with Crippen LogP contribution in [0.5, 0.6) is 5.75 Å². The Labute approximate surface area is 200 Å². The third-order valence-electron chi connectivity index (χ3n) is 5.28. The summed E-state index contributed by atoms with van der Waals surface area (Å²) in [5.41, 5.74) is 1.63. The molecule has 0 fully saturated rings. The molecule has 4 aromatic rings. The molecule has 0 bridgehead atoms. The molecule has 2 amide bonds. The number of hydrogen-bond acceptors (Lipinski definition) is 5. The van der Waals surface area contributed by atoms with E-state index in [0.29, 0.717) is 40.0 Å². The van der Waals surface area contributed by atoms with Crippen LogP contribution in [0.25, 0.3) is 16.2 Å². The number of benzene rings is 2. The maximum absolute atomic E-state index is 13.4. The van der Waals surface area contributed by atoms with Gasteiger partial charge in [0.25, 0.3) is 5.91 Å². The lowest BCUT2D eigenvalue weighted by Gasteiger charge is -2.22. The van der Waals surface area contributed by atoms with Crippen molar-refractivity contribution in [2.45, 2.75) is 26.8 Å². The van der Waals surface area contributed by atoms with Crippen LogP contribution in [-0.4, -0.2) is 33.8 Å². The number of rotatable bonds is 8. The fourth-order valence-corrected chi connectivity index (χ4v) is 4.25. The van der Waals surface area contributed by atoms with Gasteiger partial charge in [-0.05, 0) is 61.4 Å². The van der Waals surface area contributed by atoms with Gasteiger partial charge in [0.1, 0.15) is 29.1 Å². The summed E-state index contributed by atoms with van der Waals surface area (Å²) in [5, 5.41) is 7.63. The van der Waals surface area contributed by atoms with Crippen LogP contribution in [-0.2, 0) is 4.79 Å². The molecule has 2 heterocycles. The number of carbonyl (C=O) groups is 2. The Morgan fingerprint density at radius 2 is 1.82 bits per heavy atom. The summed E-state index contributed by atoms with van der Waals surface area (Å²) in [4.78, 5) is 31.5. The molecule has 7 nitrogen and oxygen atoms in total. The zero-order valence-corrected chi connectivity index (χ0v) is 19.9. The van der Waals surface area contributed by atoms with Crippen LogP contribution in [0.15, 0.2) is 60.1 Å². The molecule has 0 saturated carbocycles. The summed E-state index contributed by atoms with van der Waals surface area (Å²) in [6, 6.07) is 11.9. The average molecular weight is 481 g/mol. The van der Waals surface area contributed by atoms with Crippen molar-refractivity contribution in [1.82, 2.24) is 14.7 Å². The minimum Gasteiger partial charge on any atom is -0.494 e. The first-order valence-corrected chi connectivity index (χ1v) is 11.8. The zero-order valence-electron chi connectivity index (χ0n) is 19.0. The lowest BCUT2D eigenvalue weighted by atomic mass is 10.0. The molecule has 0 aliphatic heterocycles. The number of ether oxygens (including phenoxy) is 1. The molecule has 0 saturated heterocycles. The molecule has 0 spiro atoms. The van der Waals surface area contributed by atoms with Crippen molar-refractivity contribution in [3.05, 3.63) is 71.5 Å². The highest BCUT2D eigenvalue weighted by molar-refractivity contribution is 7.15. The smallest absolute Gasteiger partial charge is 0.251 e. The van der Waals surface area contributed by atoms with Gasteiger partial charge in [0.2, 0.25) is 5.91 Å². The summed E-state index contributed by atoms with van der Waals surface area (Å²) in [7, 11) is 0. The lowest BCUT2D eigenvalue weighted by molar-refractivity contribution is -0.118. The van der Waals surface area contributed by atoms with Gasteiger partial charge >= 0.3 is 0 Å². The number of amides is 2. The van der Waals surface area contributed by atoms with Gasteiger partial charge < -0.3 is 15.4 Å². The Balaban J connectivity index is 1.57. The van der Waals surface area contributed by atoms with E-state index in [1.807, 2.05) is 26.2 Å². The number of thiazole rings is 1. The molecule has 0 unspecified atom stereocenters. The van der Waals surface area contributed by atoms with Gasteiger partial charge in [-0.3, -0.25) is 14.0 Å². The van der Waals surface area contributed by atoms with Crippen LogP contribution in [0.2, 0.25) is 0 Å². The Morgan fingerprint density at radius 3 is 2.47 bits per heavy atom. The predicted molar refractivity (Wildman–Crippen MR) is 131 cm³/mol. The maximum Gasteiger partial charge on any atom is 0.251 e. The SMILES string of the molecule is CCOc1ccc(C(=O)N[C@H](C(=O)Nc2c(-c3ccc(F)cc3)nc3sccn23)C(C)C)cc1. The van der Waals surface area contributed by atoms with Gasteiger partial charge in [-0.2, -0.15) is 0 Å². The normalized spacial score (nSPS) is 12.0. The third kappa shape index (κ3) is 4.94. The number of nitrogens with zero attached hydrogens (tertiary/aromatic N) is 2. The van der Waals surface area contributed by atoms with Gasteiger partial charge in [0, 0.05) is 22.7 Å². The Kier molecular flexibility index (Phi) is 6.93. The molecule has 9 heteroatoms. The third-order valence-corrected chi connectivity index (χ3v) is 6.04. The molecule has 2 aromatic carbocycles. The molecule has 2 aromatic heterocycles. The van der Waals surface area contributed by atoms with Crippen molar-refractivity contribution < 1.29 is 18.7 Å². The van der Waals surface area contributed by atoms with E-state index in [2.05, 4.69) is 15.6 Å². The second kappa shape index (κ2) is 10.0. The molecule has 34 heavy (non-hydrogen) atoms. The van der Waals surface area contributed by atoms with Gasteiger partial charge in [0.05, 0.1) is 6.61 Å². The van der Waals surface area contributed by atoms with Crippen LogP contribution in [0.1, 0.15) is 31.1 Å².